The number of hydrogen-bond acceptors (Lipinski definition) is 3. The van der Waals surface area contributed by atoms with Crippen LogP contribution >= 0.6 is 0 Å². The van der Waals surface area contributed by atoms with Crippen LogP contribution in [-0.4, -0.2) is 17.1 Å². The largest absolute Gasteiger partial charge is 0.381 e. The van der Waals surface area contributed by atoms with Crippen LogP contribution in [0.2, 0.25) is 0 Å². The van der Waals surface area contributed by atoms with Crippen LogP contribution in [0, 0.1) is 6.92 Å². The van der Waals surface area contributed by atoms with Crippen LogP contribution < -0.4 is 11.1 Å². The average Bonchev–Trinajstić information content (AvgIpc) is 2.01. The minimum absolute atomic E-state index is 0.398. The average molecular weight is 177 g/mol. The van der Waals surface area contributed by atoms with Gasteiger partial charge >= 0.3 is 0 Å². The number of nitrogens with one attached hydrogen (secondary N) is 1. The molecule has 1 saturated carbocycles. The molecule has 1 aromatic heterocycles. The standard InChI is InChI=1S/C10H15N3/c1-7-2-10(6-12-5-7)13-9-3-8(11)4-9/h2,5-6,8-9,13H,3-4,11H2,1H3. The molecule has 13 heavy (non-hydrogen) atoms. The Bertz CT molecular complexity index is 292. The third kappa shape index (κ3) is 1.98. The Morgan fingerprint density at radius 3 is 2.85 bits per heavy atom. The Morgan fingerprint density at radius 1 is 1.46 bits per heavy atom. The minimum Gasteiger partial charge on any atom is -0.381 e. The molecule has 3 N–H and O–H groups in total. The second-order valence-electron chi connectivity index (χ2n) is 3.82. The molecule has 3 nitrogen and oxygen atoms in total. The fraction of sp³-hybridized carbons (Fsp3) is 0.500. The molecular weight excluding hydrogens is 162 g/mol. The number of nitrogens with zero attached hydrogens (tertiary/aromatic N) is 1. The summed E-state index contributed by atoms with van der Waals surface area (Å²) in [5.74, 6) is 0. The van der Waals surface area contributed by atoms with Gasteiger partial charge in [-0.3, -0.25) is 4.98 Å². The van der Waals surface area contributed by atoms with Crippen molar-refractivity contribution >= 4 is 5.69 Å². The van der Waals surface area contributed by atoms with E-state index in [-0.39, 0.29) is 0 Å². The van der Waals surface area contributed by atoms with Crippen molar-refractivity contribution in [2.75, 3.05) is 5.32 Å². The summed E-state index contributed by atoms with van der Waals surface area (Å²) in [6.07, 6.45) is 5.87. The van der Waals surface area contributed by atoms with E-state index in [1.165, 1.54) is 5.56 Å². The first kappa shape index (κ1) is 8.51. The third-order valence-corrected chi connectivity index (χ3v) is 2.42. The van der Waals surface area contributed by atoms with Gasteiger partial charge < -0.3 is 11.1 Å². The molecule has 1 fully saturated rings. The van der Waals surface area contributed by atoms with Crippen molar-refractivity contribution in [2.24, 2.45) is 5.73 Å². The van der Waals surface area contributed by atoms with Crippen LogP contribution in [-0.2, 0) is 0 Å². The first-order chi connectivity index (χ1) is 6.24. The van der Waals surface area contributed by atoms with Gasteiger partial charge in [-0.1, -0.05) is 0 Å². The molecular formula is C10H15N3. The fourth-order valence-electron chi connectivity index (χ4n) is 1.65. The van der Waals surface area contributed by atoms with Gasteiger partial charge in [0.05, 0.1) is 5.69 Å². The summed E-state index contributed by atoms with van der Waals surface area (Å²) in [6.45, 7) is 2.05. The molecule has 1 heterocycles. The number of hydrogen-bond donors (Lipinski definition) is 2. The number of anilines is 1. The van der Waals surface area contributed by atoms with Gasteiger partial charge in [0.15, 0.2) is 0 Å². The molecule has 0 radical (unpaired) electrons. The molecule has 0 spiro atoms. The highest BCUT2D eigenvalue weighted by molar-refractivity contribution is 5.44. The number of pyridine rings is 1. The quantitative estimate of drug-likeness (QED) is 0.715. The number of aryl methyl sites for hydroxylation is 1. The molecule has 1 aliphatic carbocycles. The Morgan fingerprint density at radius 2 is 2.23 bits per heavy atom. The highest BCUT2D eigenvalue weighted by Crippen LogP contribution is 2.22. The molecule has 0 unspecified atom stereocenters. The second-order valence-corrected chi connectivity index (χ2v) is 3.82. The van der Waals surface area contributed by atoms with Gasteiger partial charge in [-0.05, 0) is 31.4 Å². The van der Waals surface area contributed by atoms with Gasteiger partial charge in [0.25, 0.3) is 0 Å². The van der Waals surface area contributed by atoms with Crippen molar-refractivity contribution in [3.05, 3.63) is 24.0 Å². The molecule has 0 amide bonds. The topological polar surface area (TPSA) is 50.9 Å². The van der Waals surface area contributed by atoms with E-state index >= 15 is 0 Å². The summed E-state index contributed by atoms with van der Waals surface area (Å²) in [5, 5.41) is 3.41. The van der Waals surface area contributed by atoms with E-state index in [4.69, 9.17) is 5.73 Å². The Balaban J connectivity index is 1.94. The monoisotopic (exact) mass is 177 g/mol. The van der Waals surface area contributed by atoms with E-state index in [1.807, 2.05) is 19.3 Å². The van der Waals surface area contributed by atoms with Crippen molar-refractivity contribution < 1.29 is 0 Å². The van der Waals surface area contributed by atoms with Crippen molar-refractivity contribution in [1.29, 1.82) is 0 Å². The Kier molecular flexibility index (Phi) is 2.19. The van der Waals surface area contributed by atoms with Gasteiger partial charge in [0.1, 0.15) is 0 Å². The van der Waals surface area contributed by atoms with Crippen molar-refractivity contribution in [3.8, 4) is 0 Å². The van der Waals surface area contributed by atoms with Crippen LogP contribution in [0.15, 0.2) is 18.5 Å². The van der Waals surface area contributed by atoms with E-state index in [0.29, 0.717) is 12.1 Å². The maximum absolute atomic E-state index is 5.70. The van der Waals surface area contributed by atoms with Crippen LogP contribution in [0.1, 0.15) is 18.4 Å². The van der Waals surface area contributed by atoms with Gasteiger partial charge in [0, 0.05) is 24.5 Å². The summed E-state index contributed by atoms with van der Waals surface area (Å²) >= 11 is 0. The van der Waals surface area contributed by atoms with Crippen LogP contribution in [0.4, 0.5) is 5.69 Å². The molecule has 3 heteroatoms. The van der Waals surface area contributed by atoms with Gasteiger partial charge in [0.2, 0.25) is 0 Å². The maximum atomic E-state index is 5.70. The third-order valence-electron chi connectivity index (χ3n) is 2.42. The normalized spacial score (nSPS) is 26.6. The predicted octanol–water partition coefficient (Wildman–Crippen LogP) is 1.29. The molecule has 0 aromatic carbocycles. The summed E-state index contributed by atoms with van der Waals surface area (Å²) < 4.78 is 0. The van der Waals surface area contributed by atoms with Crippen molar-refractivity contribution in [2.45, 2.75) is 31.8 Å². The smallest absolute Gasteiger partial charge is 0.0531 e. The SMILES string of the molecule is Cc1cncc(NC2CC(N)C2)c1. The van der Waals surface area contributed by atoms with Crippen LogP contribution in [0.5, 0.6) is 0 Å². The lowest BCUT2D eigenvalue weighted by Crippen LogP contribution is -2.44. The number of aromatic nitrogens is 1. The zero-order valence-electron chi connectivity index (χ0n) is 7.83. The molecule has 70 valence electrons. The van der Waals surface area contributed by atoms with Crippen molar-refractivity contribution in [3.63, 3.8) is 0 Å². The number of nitrogens with two attached hydrogens (primary N) is 1. The van der Waals surface area contributed by atoms with Gasteiger partial charge in [-0.15, -0.1) is 0 Å². The summed E-state index contributed by atoms with van der Waals surface area (Å²) in [7, 11) is 0. The Hall–Kier alpha value is -1.09. The lowest BCUT2D eigenvalue weighted by Gasteiger charge is -2.33. The molecule has 0 atom stereocenters. The van der Waals surface area contributed by atoms with Crippen molar-refractivity contribution in [1.82, 2.24) is 4.98 Å². The second kappa shape index (κ2) is 3.34. The summed E-state index contributed by atoms with van der Waals surface area (Å²) in [6, 6.07) is 3.06. The zero-order chi connectivity index (χ0) is 9.26. The fourth-order valence-corrected chi connectivity index (χ4v) is 1.65. The lowest BCUT2D eigenvalue weighted by atomic mass is 9.87. The molecule has 0 bridgehead atoms. The van der Waals surface area contributed by atoms with E-state index in [0.717, 1.165) is 18.5 Å². The molecule has 2 rings (SSSR count). The van der Waals surface area contributed by atoms with E-state index in [1.54, 1.807) is 0 Å². The van der Waals surface area contributed by atoms with Crippen LogP contribution in [0.25, 0.3) is 0 Å². The summed E-state index contributed by atoms with van der Waals surface area (Å²) in [4.78, 5) is 4.12. The molecule has 1 aromatic rings. The zero-order valence-corrected chi connectivity index (χ0v) is 7.83. The van der Waals surface area contributed by atoms with E-state index in [9.17, 15) is 0 Å². The highest BCUT2D eigenvalue weighted by Gasteiger charge is 2.25. The predicted molar refractivity (Wildman–Crippen MR) is 53.6 cm³/mol. The van der Waals surface area contributed by atoms with Gasteiger partial charge in [-0.2, -0.15) is 0 Å². The summed E-state index contributed by atoms with van der Waals surface area (Å²) in [5.41, 5.74) is 7.99. The maximum Gasteiger partial charge on any atom is 0.0531 e. The Labute approximate surface area is 78.4 Å². The molecule has 0 aliphatic heterocycles. The minimum atomic E-state index is 0.398. The highest BCUT2D eigenvalue weighted by atomic mass is 15.0. The first-order valence-corrected chi connectivity index (χ1v) is 4.68. The molecule has 1 aliphatic rings. The first-order valence-electron chi connectivity index (χ1n) is 4.68. The van der Waals surface area contributed by atoms with Gasteiger partial charge in [-0.25, -0.2) is 0 Å². The number of rotatable bonds is 2. The van der Waals surface area contributed by atoms with E-state index < -0.39 is 0 Å². The molecule has 0 saturated heterocycles. The lowest BCUT2D eigenvalue weighted by molar-refractivity contribution is 0.373. The van der Waals surface area contributed by atoms with Crippen LogP contribution in [0.3, 0.4) is 0 Å². The van der Waals surface area contributed by atoms with E-state index in [2.05, 4.69) is 16.4 Å².